The molecule has 0 aromatic carbocycles. The molecule has 0 aliphatic heterocycles. The Morgan fingerprint density at radius 2 is 2.45 bits per heavy atom. The van der Waals surface area contributed by atoms with Gasteiger partial charge >= 0.3 is 0 Å². The fraction of sp³-hybridized carbons (Fsp3) is 0.222. The van der Waals surface area contributed by atoms with Gasteiger partial charge in [-0.3, -0.25) is 0 Å². The lowest BCUT2D eigenvalue weighted by molar-refractivity contribution is 1.39. The van der Waals surface area contributed by atoms with E-state index in [2.05, 4.69) is 11.8 Å². The van der Waals surface area contributed by atoms with Crippen molar-refractivity contribution in [2.24, 2.45) is 0 Å². The fourth-order valence-electron chi connectivity index (χ4n) is 0.665. The minimum absolute atomic E-state index is 0.317. The van der Waals surface area contributed by atoms with Gasteiger partial charge in [-0.15, -0.1) is 11.3 Å². The summed E-state index contributed by atoms with van der Waals surface area (Å²) >= 11 is 1.62. The van der Waals surface area contributed by atoms with Crippen LogP contribution in [-0.2, 0) is 0 Å². The summed E-state index contributed by atoms with van der Waals surface area (Å²) in [6.45, 7) is 2.02. The summed E-state index contributed by atoms with van der Waals surface area (Å²) in [5, 5.41) is 10.2. The summed E-state index contributed by atoms with van der Waals surface area (Å²) in [6, 6.07) is 4.01. The van der Waals surface area contributed by atoms with Gasteiger partial charge in [0.15, 0.2) is 0 Å². The maximum absolute atomic E-state index is 8.22. The first-order chi connectivity index (χ1) is 5.34. The average Bonchev–Trinajstić information content (AvgIpc) is 2.37. The Kier molecular flexibility index (Phi) is 2.72. The third-order valence-electron chi connectivity index (χ3n) is 1.23. The molecule has 1 aromatic heterocycles. The molecule has 0 saturated heterocycles. The molecular formula is C9H7NS. The zero-order chi connectivity index (χ0) is 8.10. The van der Waals surface area contributed by atoms with Crippen LogP contribution in [0.15, 0.2) is 11.4 Å². The fourth-order valence-corrected chi connectivity index (χ4v) is 1.46. The monoisotopic (exact) mass is 161 g/mol. The van der Waals surface area contributed by atoms with Crippen LogP contribution in [0.4, 0.5) is 0 Å². The molecule has 2 heteroatoms. The van der Waals surface area contributed by atoms with E-state index < -0.39 is 0 Å². The van der Waals surface area contributed by atoms with Crippen molar-refractivity contribution in [2.45, 2.75) is 13.3 Å². The summed E-state index contributed by atoms with van der Waals surface area (Å²) in [4.78, 5) is 1.07. The molecule has 0 aliphatic carbocycles. The second-order valence-electron chi connectivity index (χ2n) is 2.07. The highest BCUT2D eigenvalue weighted by atomic mass is 32.1. The Bertz CT molecular complexity index is 332. The summed E-state index contributed by atoms with van der Waals surface area (Å²) in [5.74, 6) is 5.72. The molecule has 0 atom stereocenters. The van der Waals surface area contributed by atoms with Gasteiger partial charge in [0, 0.05) is 0 Å². The second-order valence-corrected chi connectivity index (χ2v) is 2.99. The molecule has 0 aliphatic rings. The minimum atomic E-state index is 0.317. The van der Waals surface area contributed by atoms with Gasteiger partial charge in [-0.2, -0.15) is 5.26 Å². The normalized spacial score (nSPS) is 8.00. The summed E-state index contributed by atoms with van der Waals surface area (Å²) in [7, 11) is 0. The zero-order valence-electron chi connectivity index (χ0n) is 6.22. The van der Waals surface area contributed by atoms with Gasteiger partial charge in [-0.05, 0) is 23.9 Å². The Hall–Kier alpha value is -1.25. The van der Waals surface area contributed by atoms with Gasteiger partial charge in [0.2, 0.25) is 0 Å². The highest BCUT2D eigenvalue weighted by Crippen LogP contribution is 2.13. The highest BCUT2D eigenvalue weighted by molar-refractivity contribution is 7.10. The number of nitrogens with zero attached hydrogens (tertiary/aromatic N) is 1. The van der Waals surface area contributed by atoms with E-state index in [0.717, 1.165) is 4.88 Å². The largest absolute Gasteiger partial charge is 0.197 e. The van der Waals surface area contributed by atoms with Crippen LogP contribution in [0.3, 0.4) is 0 Å². The number of thiophene rings is 1. The van der Waals surface area contributed by atoms with Gasteiger partial charge in [0.1, 0.15) is 0 Å². The van der Waals surface area contributed by atoms with Gasteiger partial charge < -0.3 is 0 Å². The lowest BCUT2D eigenvalue weighted by Gasteiger charge is -1.81. The quantitative estimate of drug-likeness (QED) is 0.536. The van der Waals surface area contributed by atoms with Gasteiger partial charge in [0.25, 0.3) is 0 Å². The van der Waals surface area contributed by atoms with E-state index in [1.165, 1.54) is 5.56 Å². The summed E-state index contributed by atoms with van der Waals surface area (Å²) in [6.07, 6.45) is 0.317. The van der Waals surface area contributed by atoms with E-state index in [-0.39, 0.29) is 0 Å². The molecular weight excluding hydrogens is 154 g/mol. The predicted octanol–water partition coefficient (Wildman–Crippen LogP) is 2.32. The third-order valence-corrected chi connectivity index (χ3v) is 2.16. The molecule has 0 radical (unpaired) electrons. The Morgan fingerprint density at radius 1 is 1.64 bits per heavy atom. The van der Waals surface area contributed by atoms with Crippen molar-refractivity contribution in [3.8, 4) is 17.9 Å². The summed E-state index contributed by atoms with van der Waals surface area (Å²) < 4.78 is 0. The first-order valence-corrected chi connectivity index (χ1v) is 4.12. The Labute approximate surface area is 70.3 Å². The van der Waals surface area contributed by atoms with Crippen molar-refractivity contribution in [1.82, 2.24) is 0 Å². The van der Waals surface area contributed by atoms with E-state index in [1.54, 1.807) is 11.3 Å². The van der Waals surface area contributed by atoms with Crippen LogP contribution in [0.5, 0.6) is 0 Å². The molecule has 1 nitrogen and oxygen atoms in total. The summed E-state index contributed by atoms with van der Waals surface area (Å²) in [5.41, 5.74) is 1.19. The lowest BCUT2D eigenvalue weighted by atomic mass is 10.3. The smallest absolute Gasteiger partial charge is 0.0966 e. The number of rotatable bonds is 0. The number of aryl methyl sites for hydroxylation is 1. The molecule has 54 valence electrons. The number of hydrogen-bond donors (Lipinski definition) is 0. The van der Waals surface area contributed by atoms with Crippen LogP contribution in [-0.4, -0.2) is 0 Å². The first kappa shape index (κ1) is 7.85. The zero-order valence-corrected chi connectivity index (χ0v) is 7.03. The SMILES string of the molecule is Cc1ccsc1C#CCC#N. The molecule has 1 heterocycles. The first-order valence-electron chi connectivity index (χ1n) is 3.24. The molecule has 1 rings (SSSR count). The van der Waals surface area contributed by atoms with Gasteiger partial charge in [-0.25, -0.2) is 0 Å². The number of nitriles is 1. The van der Waals surface area contributed by atoms with Crippen molar-refractivity contribution in [3.05, 3.63) is 21.9 Å². The lowest BCUT2D eigenvalue weighted by Crippen LogP contribution is -1.68. The number of hydrogen-bond acceptors (Lipinski definition) is 2. The molecule has 0 unspecified atom stereocenters. The van der Waals surface area contributed by atoms with Crippen LogP contribution in [0.2, 0.25) is 0 Å². The minimum Gasteiger partial charge on any atom is -0.197 e. The maximum Gasteiger partial charge on any atom is 0.0966 e. The van der Waals surface area contributed by atoms with Crippen molar-refractivity contribution in [3.63, 3.8) is 0 Å². The van der Waals surface area contributed by atoms with E-state index in [9.17, 15) is 0 Å². The van der Waals surface area contributed by atoms with Gasteiger partial charge in [-0.1, -0.05) is 11.8 Å². The third kappa shape index (κ3) is 2.11. The van der Waals surface area contributed by atoms with E-state index in [1.807, 2.05) is 24.4 Å². The molecule has 11 heavy (non-hydrogen) atoms. The molecule has 0 bridgehead atoms. The van der Waals surface area contributed by atoms with Crippen LogP contribution in [0, 0.1) is 30.1 Å². The van der Waals surface area contributed by atoms with Crippen LogP contribution in [0.1, 0.15) is 16.9 Å². The standard InChI is InChI=1S/C9H7NS/c1-8-5-7-11-9(8)4-2-3-6-10/h5,7H,3H2,1H3. The Balaban J connectivity index is 2.75. The average molecular weight is 161 g/mol. The topological polar surface area (TPSA) is 23.8 Å². The van der Waals surface area contributed by atoms with Crippen molar-refractivity contribution in [2.75, 3.05) is 0 Å². The van der Waals surface area contributed by atoms with Crippen molar-refractivity contribution in [1.29, 1.82) is 5.26 Å². The Morgan fingerprint density at radius 3 is 3.00 bits per heavy atom. The van der Waals surface area contributed by atoms with Crippen LogP contribution < -0.4 is 0 Å². The molecule has 0 N–H and O–H groups in total. The second kappa shape index (κ2) is 3.81. The van der Waals surface area contributed by atoms with Crippen LogP contribution >= 0.6 is 11.3 Å². The molecule has 1 aromatic rings. The highest BCUT2D eigenvalue weighted by Gasteiger charge is 1.92. The molecule has 0 fully saturated rings. The van der Waals surface area contributed by atoms with E-state index in [0.29, 0.717) is 6.42 Å². The van der Waals surface area contributed by atoms with Gasteiger partial charge in [0.05, 0.1) is 17.4 Å². The molecule has 0 saturated carbocycles. The van der Waals surface area contributed by atoms with E-state index in [4.69, 9.17) is 5.26 Å². The van der Waals surface area contributed by atoms with Crippen molar-refractivity contribution >= 4 is 11.3 Å². The van der Waals surface area contributed by atoms with Crippen LogP contribution in [0.25, 0.3) is 0 Å². The van der Waals surface area contributed by atoms with Crippen molar-refractivity contribution < 1.29 is 0 Å². The predicted molar refractivity (Wildman–Crippen MR) is 46.2 cm³/mol. The molecule has 0 spiro atoms. The van der Waals surface area contributed by atoms with E-state index >= 15 is 0 Å². The molecule has 0 amide bonds. The maximum atomic E-state index is 8.22.